The maximum atomic E-state index is 13.4. The van der Waals surface area contributed by atoms with E-state index in [1.165, 1.54) is 27.8 Å². The van der Waals surface area contributed by atoms with Crippen molar-refractivity contribution in [3.8, 4) is 10.4 Å². The van der Waals surface area contributed by atoms with Crippen LogP contribution in [0.25, 0.3) is 21.3 Å². The van der Waals surface area contributed by atoms with Crippen LogP contribution in [-0.2, 0) is 17.8 Å². The van der Waals surface area contributed by atoms with Crippen LogP contribution in [0.1, 0.15) is 55.2 Å². The van der Waals surface area contributed by atoms with Crippen molar-refractivity contribution >= 4 is 39.7 Å². The second-order valence-corrected chi connectivity index (χ2v) is 12.1. The van der Waals surface area contributed by atoms with E-state index in [2.05, 4.69) is 24.4 Å². The third kappa shape index (κ3) is 5.04. The Labute approximate surface area is 236 Å². The number of carbonyl (C=O) groups is 1. The lowest BCUT2D eigenvalue weighted by molar-refractivity contribution is -0.136. The van der Waals surface area contributed by atoms with E-state index in [0.717, 1.165) is 39.4 Å². The lowest BCUT2D eigenvalue weighted by Crippen LogP contribution is -2.49. The highest BCUT2D eigenvalue weighted by atomic mass is 35.5. The van der Waals surface area contributed by atoms with Crippen molar-refractivity contribution in [3.05, 3.63) is 92.7 Å². The number of aliphatic hydroxyl groups is 1. The van der Waals surface area contributed by atoms with E-state index < -0.39 is 5.60 Å². The lowest BCUT2D eigenvalue weighted by atomic mass is 9.90. The molecule has 2 aliphatic rings. The molecule has 1 aliphatic heterocycles. The number of amides is 1. The number of hydrogen-bond acceptors (Lipinski definition) is 5. The molecule has 0 saturated carbocycles. The summed E-state index contributed by atoms with van der Waals surface area (Å²) >= 11 is 8.24. The summed E-state index contributed by atoms with van der Waals surface area (Å²) < 4.78 is 1.51. The summed E-state index contributed by atoms with van der Waals surface area (Å²) in [6, 6.07) is 14.1. The van der Waals surface area contributed by atoms with Gasteiger partial charge in [0.25, 0.3) is 5.56 Å². The molecule has 1 radical (unpaired) electrons. The minimum Gasteiger partial charge on any atom is -0.388 e. The van der Waals surface area contributed by atoms with Crippen LogP contribution in [0, 0.1) is 6.42 Å². The van der Waals surface area contributed by atoms with Gasteiger partial charge in [-0.1, -0.05) is 61.0 Å². The smallest absolute Gasteiger partial charge is 0.262 e. The number of likely N-dealkylation sites (tertiary alicyclic amines) is 1. The van der Waals surface area contributed by atoms with Crippen molar-refractivity contribution in [3.63, 3.8) is 0 Å². The third-order valence-electron chi connectivity index (χ3n) is 8.23. The Kier molecular flexibility index (Phi) is 7.08. The second-order valence-electron chi connectivity index (χ2n) is 10.9. The molecule has 201 valence electrons. The zero-order valence-electron chi connectivity index (χ0n) is 21.9. The first-order valence-electron chi connectivity index (χ1n) is 13.5. The van der Waals surface area contributed by atoms with Crippen LogP contribution in [0.5, 0.6) is 0 Å². The molecule has 3 heterocycles. The van der Waals surface area contributed by atoms with Gasteiger partial charge in [0.2, 0.25) is 5.91 Å². The molecule has 0 spiro atoms. The zero-order valence-corrected chi connectivity index (χ0v) is 23.5. The topological polar surface area (TPSA) is 75.4 Å². The molecule has 2 aromatic heterocycles. The van der Waals surface area contributed by atoms with Gasteiger partial charge in [0, 0.05) is 30.5 Å². The highest BCUT2D eigenvalue weighted by Gasteiger charge is 2.35. The van der Waals surface area contributed by atoms with Crippen molar-refractivity contribution in [1.29, 1.82) is 0 Å². The van der Waals surface area contributed by atoms with Gasteiger partial charge in [-0.2, -0.15) is 0 Å². The summed E-state index contributed by atoms with van der Waals surface area (Å²) in [5.74, 6) is 0.235. The fourth-order valence-electron chi connectivity index (χ4n) is 5.84. The molecule has 0 unspecified atom stereocenters. The number of aromatic nitrogens is 2. The molecule has 1 atom stereocenters. The average Bonchev–Trinajstić information content (AvgIpc) is 3.60. The number of fused-ring (bicyclic) bond motifs is 2. The van der Waals surface area contributed by atoms with E-state index in [1.807, 2.05) is 46.7 Å². The van der Waals surface area contributed by atoms with E-state index in [0.29, 0.717) is 43.3 Å². The highest BCUT2D eigenvalue weighted by Crippen LogP contribution is 2.41. The van der Waals surface area contributed by atoms with Gasteiger partial charge < -0.3 is 10.0 Å². The van der Waals surface area contributed by atoms with Crippen LogP contribution in [0.15, 0.2) is 59.0 Å². The molecule has 8 heteroatoms. The van der Waals surface area contributed by atoms with Crippen LogP contribution >= 0.6 is 22.9 Å². The van der Waals surface area contributed by atoms with E-state index in [-0.39, 0.29) is 23.9 Å². The summed E-state index contributed by atoms with van der Waals surface area (Å²) in [6.07, 6.45) is 6.93. The number of piperidine rings is 1. The monoisotopic (exact) mass is 560 g/mol. The van der Waals surface area contributed by atoms with Crippen LogP contribution in [0.3, 0.4) is 0 Å². The number of benzene rings is 2. The molecule has 1 N–H and O–H groups in total. The maximum absolute atomic E-state index is 13.4. The number of thiophene rings is 1. The lowest BCUT2D eigenvalue weighted by Gasteiger charge is -2.38. The molecule has 1 saturated heterocycles. The molecule has 0 bridgehead atoms. The van der Waals surface area contributed by atoms with Crippen molar-refractivity contribution in [2.45, 2.75) is 57.1 Å². The first-order chi connectivity index (χ1) is 18.8. The van der Waals surface area contributed by atoms with E-state index in [9.17, 15) is 14.7 Å². The molecule has 2 aromatic carbocycles. The standard InChI is InChI=1S/C31H31ClN3O3S/c1-20(21-6-3-2-4-7-21)16-26(36)34-14-12-31(38,13-15-34)18-35-19-33-28-25(30(35)37)17-39-29(28)24-11-10-22-8-5-9-23(22)27(24)32/h2-4,6-8,10-11,17,19-20,38H,5,9,12-16,18H2,1H3/t20-/m1/s1. The van der Waals surface area contributed by atoms with Crippen LogP contribution < -0.4 is 5.56 Å². The minimum atomic E-state index is -1.07. The summed E-state index contributed by atoms with van der Waals surface area (Å²) in [5.41, 5.74) is 3.81. The summed E-state index contributed by atoms with van der Waals surface area (Å²) in [5, 5.41) is 14.5. The summed E-state index contributed by atoms with van der Waals surface area (Å²) in [7, 11) is 0. The van der Waals surface area contributed by atoms with Crippen molar-refractivity contribution in [1.82, 2.24) is 14.5 Å². The zero-order chi connectivity index (χ0) is 27.1. The SMILES string of the molecule is C[C@H](CC(=O)N1CCC(O)(Cn2cnc3c(-c4ccc5c(c4Cl)CC[CH]5)scc3c2=O)CC1)c1ccccc1. The fraction of sp³-hybridized carbons (Fsp3) is 0.355. The molecular weight excluding hydrogens is 530 g/mol. The molecule has 1 aliphatic carbocycles. The van der Waals surface area contributed by atoms with Gasteiger partial charge in [-0.25, -0.2) is 4.98 Å². The Hall–Kier alpha value is -3.00. The number of hydrogen-bond donors (Lipinski definition) is 1. The summed E-state index contributed by atoms with van der Waals surface area (Å²) in [4.78, 5) is 33.7. The summed E-state index contributed by atoms with van der Waals surface area (Å²) in [6.45, 7) is 3.16. The van der Waals surface area contributed by atoms with Crippen molar-refractivity contribution in [2.75, 3.05) is 13.1 Å². The minimum absolute atomic E-state index is 0.0996. The number of halogens is 1. The molecule has 4 aromatic rings. The van der Waals surface area contributed by atoms with E-state index in [1.54, 1.807) is 0 Å². The molecule has 1 fully saturated rings. The maximum Gasteiger partial charge on any atom is 0.262 e. The Bertz CT molecular complexity index is 1590. The van der Waals surface area contributed by atoms with Gasteiger partial charge >= 0.3 is 0 Å². The predicted octanol–water partition coefficient (Wildman–Crippen LogP) is 5.82. The average molecular weight is 561 g/mol. The van der Waals surface area contributed by atoms with Gasteiger partial charge in [0.1, 0.15) is 0 Å². The number of carbonyl (C=O) groups excluding carboxylic acids is 1. The molecule has 1 amide bonds. The molecule has 6 nitrogen and oxygen atoms in total. The highest BCUT2D eigenvalue weighted by molar-refractivity contribution is 7.15. The molecular formula is C31H31ClN3O3S. The van der Waals surface area contributed by atoms with Gasteiger partial charge in [0.05, 0.1) is 39.3 Å². The van der Waals surface area contributed by atoms with Gasteiger partial charge in [-0.3, -0.25) is 14.2 Å². The van der Waals surface area contributed by atoms with Crippen LogP contribution in [0.4, 0.5) is 0 Å². The second kappa shape index (κ2) is 10.5. The predicted molar refractivity (Wildman–Crippen MR) is 156 cm³/mol. The van der Waals surface area contributed by atoms with E-state index in [4.69, 9.17) is 11.6 Å². The molecule has 39 heavy (non-hydrogen) atoms. The van der Waals surface area contributed by atoms with Crippen LogP contribution in [0.2, 0.25) is 5.02 Å². The first-order valence-corrected chi connectivity index (χ1v) is 14.8. The Morgan fingerprint density at radius 2 is 1.95 bits per heavy atom. The Morgan fingerprint density at radius 1 is 1.18 bits per heavy atom. The Morgan fingerprint density at radius 3 is 2.72 bits per heavy atom. The largest absolute Gasteiger partial charge is 0.388 e. The number of rotatable bonds is 6. The van der Waals surface area contributed by atoms with Crippen molar-refractivity contribution in [2.24, 2.45) is 0 Å². The third-order valence-corrected chi connectivity index (χ3v) is 9.66. The van der Waals surface area contributed by atoms with Gasteiger partial charge in [-0.05, 0) is 54.7 Å². The fourth-order valence-corrected chi connectivity index (χ4v) is 7.27. The Balaban J connectivity index is 1.15. The number of nitrogens with zero attached hydrogens (tertiary/aromatic N) is 3. The van der Waals surface area contributed by atoms with Gasteiger partial charge in [0.15, 0.2) is 0 Å². The van der Waals surface area contributed by atoms with Crippen LogP contribution in [-0.4, -0.2) is 44.2 Å². The quantitative estimate of drug-likeness (QED) is 0.322. The molecule has 6 rings (SSSR count). The van der Waals surface area contributed by atoms with E-state index >= 15 is 0 Å². The normalized spacial score (nSPS) is 17.4. The van der Waals surface area contributed by atoms with Crippen molar-refractivity contribution < 1.29 is 9.90 Å². The first kappa shape index (κ1) is 26.2. The van der Waals surface area contributed by atoms with Gasteiger partial charge in [-0.15, -0.1) is 11.3 Å².